The Morgan fingerprint density at radius 3 is 2.16 bits per heavy atom. The first-order valence-corrected chi connectivity index (χ1v) is 12.5. The van der Waals surface area contributed by atoms with Gasteiger partial charge in [-0.2, -0.15) is 0 Å². The number of ether oxygens (including phenoxy) is 2. The van der Waals surface area contributed by atoms with Gasteiger partial charge in [0, 0.05) is 12.5 Å². The van der Waals surface area contributed by atoms with E-state index < -0.39 is 18.3 Å². The lowest BCUT2D eigenvalue weighted by atomic mass is 9.98. The molecule has 0 fully saturated rings. The number of hydrogen-bond donors (Lipinski definition) is 4. The van der Waals surface area contributed by atoms with Gasteiger partial charge in [-0.1, -0.05) is 84.9 Å². The number of nitrogens with one attached hydrogen (secondary N) is 1. The van der Waals surface area contributed by atoms with Crippen LogP contribution in [0.3, 0.4) is 0 Å². The molecule has 4 N–H and O–H groups in total. The van der Waals surface area contributed by atoms with Crippen LogP contribution in [0.15, 0.2) is 97.1 Å². The van der Waals surface area contributed by atoms with E-state index in [4.69, 9.17) is 9.47 Å². The van der Waals surface area contributed by atoms with Crippen molar-refractivity contribution in [3.63, 3.8) is 0 Å². The number of aliphatic hydroxyl groups excluding tert-OH is 2. The van der Waals surface area contributed by atoms with Crippen molar-refractivity contribution in [2.75, 3.05) is 13.2 Å². The molecular formula is C31H29NO6. The largest absolute Gasteiger partial charge is 0.504 e. The van der Waals surface area contributed by atoms with Crippen molar-refractivity contribution >= 4 is 6.09 Å². The van der Waals surface area contributed by atoms with E-state index in [1.807, 2.05) is 66.7 Å². The summed E-state index contributed by atoms with van der Waals surface area (Å²) in [5.41, 5.74) is 5.75. The third-order valence-electron chi connectivity index (χ3n) is 6.73. The molecule has 1 aliphatic rings. The number of rotatable bonds is 9. The van der Waals surface area contributed by atoms with E-state index in [0.717, 1.165) is 27.8 Å². The Morgan fingerprint density at radius 1 is 0.842 bits per heavy atom. The van der Waals surface area contributed by atoms with Crippen LogP contribution in [0.1, 0.15) is 34.3 Å². The van der Waals surface area contributed by atoms with Gasteiger partial charge in [-0.3, -0.25) is 0 Å². The SMILES string of the molecule is O=C(NCC(O)C(O)c1ccc(O)c(OCc2ccccc2)c1)OCC1c2ccccc2-c2ccccc21. The van der Waals surface area contributed by atoms with Gasteiger partial charge in [0.15, 0.2) is 11.5 Å². The zero-order valence-electron chi connectivity index (χ0n) is 20.7. The number of aliphatic hydroxyl groups is 2. The molecule has 5 rings (SSSR count). The molecule has 2 atom stereocenters. The quantitative estimate of drug-likeness (QED) is 0.255. The van der Waals surface area contributed by atoms with E-state index in [1.54, 1.807) is 0 Å². The summed E-state index contributed by atoms with van der Waals surface area (Å²) in [6.07, 6.45) is -3.30. The van der Waals surface area contributed by atoms with Crippen molar-refractivity contribution in [3.8, 4) is 22.6 Å². The molecule has 0 bridgehead atoms. The summed E-state index contributed by atoms with van der Waals surface area (Å²) in [5.74, 6) is 0.0280. The van der Waals surface area contributed by atoms with Gasteiger partial charge in [0.1, 0.15) is 25.4 Å². The summed E-state index contributed by atoms with van der Waals surface area (Å²) in [6.45, 7) is 0.164. The topological polar surface area (TPSA) is 108 Å². The van der Waals surface area contributed by atoms with Gasteiger partial charge in [-0.15, -0.1) is 0 Å². The second kappa shape index (κ2) is 11.4. The molecule has 0 saturated heterocycles. The van der Waals surface area contributed by atoms with Gasteiger partial charge in [-0.25, -0.2) is 4.79 Å². The molecule has 0 heterocycles. The minimum atomic E-state index is -1.32. The zero-order valence-corrected chi connectivity index (χ0v) is 20.7. The predicted octanol–water partition coefficient (Wildman–Crippen LogP) is 4.90. The number of phenols is 1. The smallest absolute Gasteiger partial charge is 0.407 e. The molecule has 2 unspecified atom stereocenters. The Kier molecular flexibility index (Phi) is 7.58. The van der Waals surface area contributed by atoms with Crippen LogP contribution in [-0.4, -0.2) is 40.7 Å². The fourth-order valence-corrected chi connectivity index (χ4v) is 4.74. The summed E-state index contributed by atoms with van der Waals surface area (Å²) >= 11 is 0. The minimum absolute atomic E-state index is 0.0741. The van der Waals surface area contributed by atoms with Crippen molar-refractivity contribution in [2.45, 2.75) is 24.7 Å². The first-order valence-electron chi connectivity index (χ1n) is 12.5. The van der Waals surface area contributed by atoms with Crippen LogP contribution in [0.4, 0.5) is 4.79 Å². The fraction of sp³-hybridized carbons (Fsp3) is 0.194. The molecule has 0 aliphatic heterocycles. The Bertz CT molecular complexity index is 1360. The highest BCUT2D eigenvalue weighted by Gasteiger charge is 2.29. The molecule has 4 aromatic carbocycles. The normalized spacial score (nSPS) is 13.7. The van der Waals surface area contributed by atoms with Crippen molar-refractivity contribution < 1.29 is 29.6 Å². The Labute approximate surface area is 220 Å². The molecule has 0 radical (unpaired) electrons. The molecule has 1 aliphatic carbocycles. The van der Waals surface area contributed by atoms with E-state index in [2.05, 4.69) is 17.4 Å². The Morgan fingerprint density at radius 2 is 1.47 bits per heavy atom. The molecule has 7 heteroatoms. The van der Waals surface area contributed by atoms with Gasteiger partial charge in [0.25, 0.3) is 0 Å². The number of alkyl carbamates (subject to hydrolysis) is 1. The van der Waals surface area contributed by atoms with Crippen LogP contribution in [-0.2, 0) is 11.3 Å². The number of phenolic OH excluding ortho intramolecular Hbond substituents is 1. The number of amides is 1. The van der Waals surface area contributed by atoms with Crippen LogP contribution in [0.5, 0.6) is 11.5 Å². The number of hydrogen-bond acceptors (Lipinski definition) is 6. The average molecular weight is 512 g/mol. The van der Waals surface area contributed by atoms with Crippen LogP contribution in [0, 0.1) is 0 Å². The second-order valence-electron chi connectivity index (χ2n) is 9.22. The first-order chi connectivity index (χ1) is 18.5. The minimum Gasteiger partial charge on any atom is -0.504 e. The lowest BCUT2D eigenvalue weighted by Crippen LogP contribution is -2.36. The van der Waals surface area contributed by atoms with Crippen molar-refractivity contribution in [3.05, 3.63) is 119 Å². The number of carbonyl (C=O) groups is 1. The fourth-order valence-electron chi connectivity index (χ4n) is 4.74. The van der Waals surface area contributed by atoms with Gasteiger partial charge in [-0.05, 0) is 45.5 Å². The molecule has 0 saturated carbocycles. The highest BCUT2D eigenvalue weighted by Crippen LogP contribution is 2.44. The molecule has 4 aromatic rings. The Balaban J connectivity index is 1.15. The van der Waals surface area contributed by atoms with Gasteiger partial charge >= 0.3 is 6.09 Å². The number of benzene rings is 4. The third-order valence-corrected chi connectivity index (χ3v) is 6.73. The maximum atomic E-state index is 12.4. The number of fused-ring (bicyclic) bond motifs is 3. The van der Waals surface area contributed by atoms with Crippen molar-refractivity contribution in [2.24, 2.45) is 0 Å². The Hall–Kier alpha value is -4.33. The number of carbonyl (C=O) groups excluding carboxylic acids is 1. The summed E-state index contributed by atoms with van der Waals surface area (Å²) in [5, 5.41) is 33.8. The standard InChI is InChI=1S/C31H29NO6/c33-27-15-14-21(16-29(27)37-18-20-8-2-1-3-9-20)30(35)28(34)17-32-31(36)38-19-26-24-12-6-4-10-22(24)23-11-5-7-13-25(23)26/h1-16,26,28,30,33-35H,17-19H2,(H,32,36). The molecule has 0 spiro atoms. The van der Waals surface area contributed by atoms with E-state index in [9.17, 15) is 20.1 Å². The predicted molar refractivity (Wildman–Crippen MR) is 143 cm³/mol. The second-order valence-corrected chi connectivity index (χ2v) is 9.22. The molecule has 1 amide bonds. The number of aromatic hydroxyl groups is 1. The van der Waals surface area contributed by atoms with Crippen LogP contribution in [0.25, 0.3) is 11.1 Å². The van der Waals surface area contributed by atoms with Crippen LogP contribution in [0.2, 0.25) is 0 Å². The molecule has 7 nitrogen and oxygen atoms in total. The monoisotopic (exact) mass is 511 g/mol. The van der Waals surface area contributed by atoms with Gasteiger partial charge in [0.05, 0.1) is 0 Å². The third kappa shape index (κ3) is 5.49. The summed E-state index contributed by atoms with van der Waals surface area (Å²) in [7, 11) is 0. The maximum absolute atomic E-state index is 12.4. The average Bonchev–Trinajstić information content (AvgIpc) is 3.28. The molecule has 0 aromatic heterocycles. The van der Waals surface area contributed by atoms with Gasteiger partial charge in [0.2, 0.25) is 0 Å². The van der Waals surface area contributed by atoms with Crippen LogP contribution >= 0.6 is 0 Å². The molecule has 194 valence electrons. The van der Waals surface area contributed by atoms with E-state index >= 15 is 0 Å². The lowest BCUT2D eigenvalue weighted by molar-refractivity contribution is 0.0184. The van der Waals surface area contributed by atoms with Gasteiger partial charge < -0.3 is 30.1 Å². The molecular weight excluding hydrogens is 482 g/mol. The summed E-state index contributed by atoms with van der Waals surface area (Å²) in [4.78, 5) is 12.4. The lowest BCUT2D eigenvalue weighted by Gasteiger charge is -2.20. The van der Waals surface area contributed by atoms with E-state index in [1.165, 1.54) is 18.2 Å². The van der Waals surface area contributed by atoms with E-state index in [0.29, 0.717) is 5.56 Å². The van der Waals surface area contributed by atoms with Crippen molar-refractivity contribution in [1.82, 2.24) is 5.32 Å². The highest BCUT2D eigenvalue weighted by molar-refractivity contribution is 5.79. The maximum Gasteiger partial charge on any atom is 0.407 e. The summed E-state index contributed by atoms with van der Waals surface area (Å²) in [6, 6.07) is 29.9. The van der Waals surface area contributed by atoms with Crippen molar-refractivity contribution in [1.29, 1.82) is 0 Å². The summed E-state index contributed by atoms with van der Waals surface area (Å²) < 4.78 is 11.2. The van der Waals surface area contributed by atoms with Crippen LogP contribution < -0.4 is 10.1 Å². The first kappa shape index (κ1) is 25.3. The van der Waals surface area contributed by atoms with E-state index in [-0.39, 0.29) is 37.2 Å². The highest BCUT2D eigenvalue weighted by atomic mass is 16.5. The molecule has 38 heavy (non-hydrogen) atoms. The zero-order chi connectivity index (χ0) is 26.5.